The number of aromatic hydroxyl groups is 1. The number of thioether (sulfide) groups is 1. The fourth-order valence-electron chi connectivity index (χ4n) is 1.89. The van der Waals surface area contributed by atoms with Gasteiger partial charge in [-0.3, -0.25) is 4.57 Å². The van der Waals surface area contributed by atoms with Gasteiger partial charge in [0.25, 0.3) is 0 Å². The lowest BCUT2D eigenvalue weighted by Gasteiger charge is -2.05. The molecule has 0 unspecified atom stereocenters. The molecule has 1 aliphatic rings. The Hall–Kier alpha value is -1.89. The second-order valence-corrected chi connectivity index (χ2v) is 5.54. The number of hydrogen-bond donors (Lipinski definition) is 3. The number of aromatic nitrogens is 3. The standard InChI is InChI=1S/C12H14N4O2S/c13-9-5-7(1-4-10(9)17)6-19-12-15-14-11(18)16(12)8-2-3-8/h1,4-5,8,17H,2-3,6,13H2,(H,14,18). The van der Waals surface area contributed by atoms with Crippen molar-refractivity contribution in [2.45, 2.75) is 29.8 Å². The Bertz CT molecular complexity index is 660. The Balaban J connectivity index is 1.75. The highest BCUT2D eigenvalue weighted by molar-refractivity contribution is 7.98. The fraction of sp³-hybridized carbons (Fsp3) is 0.333. The zero-order chi connectivity index (χ0) is 13.4. The van der Waals surface area contributed by atoms with E-state index in [1.54, 1.807) is 16.7 Å². The van der Waals surface area contributed by atoms with Crippen LogP contribution >= 0.6 is 11.8 Å². The molecule has 1 saturated carbocycles. The third kappa shape index (κ3) is 2.46. The van der Waals surface area contributed by atoms with E-state index in [0.717, 1.165) is 18.4 Å². The number of aromatic amines is 1. The summed E-state index contributed by atoms with van der Waals surface area (Å²) in [5, 5.41) is 16.6. The van der Waals surface area contributed by atoms with Crippen molar-refractivity contribution in [1.29, 1.82) is 0 Å². The van der Waals surface area contributed by atoms with Crippen LogP contribution in [0.4, 0.5) is 5.69 Å². The molecule has 1 aromatic heterocycles. The molecule has 0 saturated heterocycles. The molecule has 0 aliphatic heterocycles. The molecule has 1 fully saturated rings. The molecule has 100 valence electrons. The minimum absolute atomic E-state index is 0.0865. The highest BCUT2D eigenvalue weighted by Gasteiger charge is 2.28. The molecule has 4 N–H and O–H groups in total. The Labute approximate surface area is 113 Å². The number of rotatable bonds is 4. The molecule has 1 heterocycles. The second-order valence-electron chi connectivity index (χ2n) is 4.59. The van der Waals surface area contributed by atoms with Crippen LogP contribution in [0.15, 0.2) is 28.2 Å². The zero-order valence-electron chi connectivity index (χ0n) is 10.2. The number of anilines is 1. The third-order valence-corrected chi connectivity index (χ3v) is 4.07. The highest BCUT2D eigenvalue weighted by atomic mass is 32.2. The first-order chi connectivity index (χ1) is 9.15. The van der Waals surface area contributed by atoms with Crippen LogP contribution in [0, 0.1) is 0 Å². The van der Waals surface area contributed by atoms with E-state index in [1.807, 2.05) is 6.07 Å². The lowest BCUT2D eigenvalue weighted by atomic mass is 10.2. The van der Waals surface area contributed by atoms with Crippen LogP contribution in [0.5, 0.6) is 5.75 Å². The van der Waals surface area contributed by atoms with Gasteiger partial charge in [0.2, 0.25) is 0 Å². The van der Waals surface area contributed by atoms with Gasteiger partial charge in [0.05, 0.1) is 5.69 Å². The Morgan fingerprint density at radius 2 is 2.32 bits per heavy atom. The van der Waals surface area contributed by atoms with Gasteiger partial charge in [-0.05, 0) is 30.5 Å². The Morgan fingerprint density at radius 3 is 3.00 bits per heavy atom. The van der Waals surface area contributed by atoms with Crippen LogP contribution in [0.25, 0.3) is 0 Å². The van der Waals surface area contributed by atoms with Crippen molar-refractivity contribution in [3.8, 4) is 5.75 Å². The van der Waals surface area contributed by atoms with Crippen LogP contribution in [-0.2, 0) is 5.75 Å². The minimum atomic E-state index is -0.143. The van der Waals surface area contributed by atoms with Crippen molar-refractivity contribution < 1.29 is 5.11 Å². The molecule has 0 bridgehead atoms. The number of benzene rings is 1. The summed E-state index contributed by atoms with van der Waals surface area (Å²) in [7, 11) is 0. The first-order valence-electron chi connectivity index (χ1n) is 6.02. The first-order valence-corrected chi connectivity index (χ1v) is 7.01. The van der Waals surface area contributed by atoms with Crippen LogP contribution in [0.1, 0.15) is 24.4 Å². The minimum Gasteiger partial charge on any atom is -0.506 e. The van der Waals surface area contributed by atoms with Gasteiger partial charge in [0, 0.05) is 11.8 Å². The average molecular weight is 278 g/mol. The van der Waals surface area contributed by atoms with Crippen molar-refractivity contribution in [3.63, 3.8) is 0 Å². The summed E-state index contributed by atoms with van der Waals surface area (Å²) in [6.07, 6.45) is 2.08. The number of phenols is 1. The van der Waals surface area contributed by atoms with E-state index >= 15 is 0 Å². The van der Waals surface area contributed by atoms with Crippen molar-refractivity contribution in [3.05, 3.63) is 34.2 Å². The molecule has 2 aromatic rings. The quantitative estimate of drug-likeness (QED) is 0.447. The number of nitrogens with one attached hydrogen (secondary N) is 1. The molecule has 0 spiro atoms. The molecule has 0 atom stereocenters. The summed E-state index contributed by atoms with van der Waals surface area (Å²) in [6, 6.07) is 5.42. The molecule has 3 rings (SSSR count). The van der Waals surface area contributed by atoms with Gasteiger partial charge in [-0.2, -0.15) is 0 Å². The van der Waals surface area contributed by atoms with Gasteiger partial charge in [-0.15, -0.1) is 5.10 Å². The summed E-state index contributed by atoms with van der Waals surface area (Å²) >= 11 is 1.49. The topological polar surface area (TPSA) is 96.9 Å². The lowest BCUT2D eigenvalue weighted by molar-refractivity contribution is 0.478. The second kappa shape index (κ2) is 4.65. The third-order valence-electron chi connectivity index (χ3n) is 3.04. The van der Waals surface area contributed by atoms with E-state index < -0.39 is 0 Å². The molecule has 0 amide bonds. The maximum Gasteiger partial charge on any atom is 0.344 e. The number of nitrogens with two attached hydrogens (primary N) is 1. The average Bonchev–Trinajstić information content (AvgIpc) is 3.15. The Morgan fingerprint density at radius 1 is 1.53 bits per heavy atom. The zero-order valence-corrected chi connectivity index (χ0v) is 11.0. The monoisotopic (exact) mass is 278 g/mol. The molecule has 0 radical (unpaired) electrons. The Kier molecular flexibility index (Phi) is 2.98. The first kappa shape index (κ1) is 12.2. The predicted octanol–water partition coefficient (Wildman–Crippen LogP) is 1.49. The van der Waals surface area contributed by atoms with Crippen molar-refractivity contribution in [2.24, 2.45) is 0 Å². The normalized spacial score (nSPS) is 14.7. The predicted molar refractivity (Wildman–Crippen MR) is 73.2 cm³/mol. The number of H-pyrrole nitrogens is 1. The number of nitrogens with zero attached hydrogens (tertiary/aromatic N) is 2. The van der Waals surface area contributed by atoms with Crippen molar-refractivity contribution in [2.75, 3.05) is 5.73 Å². The summed E-state index contributed by atoms with van der Waals surface area (Å²) in [6.45, 7) is 0. The molecule has 6 nitrogen and oxygen atoms in total. The van der Waals surface area contributed by atoms with E-state index in [4.69, 9.17) is 5.73 Å². The van der Waals surface area contributed by atoms with Gasteiger partial charge in [0.1, 0.15) is 5.75 Å². The SMILES string of the molecule is Nc1cc(CSc2n[nH]c(=O)n2C2CC2)ccc1O. The number of hydrogen-bond acceptors (Lipinski definition) is 5. The molecule has 1 aromatic carbocycles. The maximum absolute atomic E-state index is 11.6. The molecule has 7 heteroatoms. The molecule has 19 heavy (non-hydrogen) atoms. The number of phenolic OH excluding ortho intramolecular Hbond substituents is 1. The summed E-state index contributed by atoms with van der Waals surface area (Å²) in [4.78, 5) is 11.6. The number of nitrogen functional groups attached to an aromatic ring is 1. The van der Waals surface area contributed by atoms with E-state index in [1.165, 1.54) is 11.8 Å². The van der Waals surface area contributed by atoms with Gasteiger partial charge >= 0.3 is 5.69 Å². The summed E-state index contributed by atoms with van der Waals surface area (Å²) in [5.74, 6) is 0.741. The van der Waals surface area contributed by atoms with E-state index in [0.29, 0.717) is 22.6 Å². The molecular weight excluding hydrogens is 264 g/mol. The van der Waals surface area contributed by atoms with E-state index in [9.17, 15) is 9.90 Å². The van der Waals surface area contributed by atoms with E-state index in [-0.39, 0.29) is 11.4 Å². The molecule has 1 aliphatic carbocycles. The van der Waals surface area contributed by atoms with Crippen LogP contribution < -0.4 is 11.4 Å². The highest BCUT2D eigenvalue weighted by Crippen LogP contribution is 2.36. The van der Waals surface area contributed by atoms with Crippen molar-refractivity contribution in [1.82, 2.24) is 14.8 Å². The van der Waals surface area contributed by atoms with Gasteiger partial charge < -0.3 is 10.8 Å². The van der Waals surface area contributed by atoms with Crippen LogP contribution in [0.3, 0.4) is 0 Å². The lowest BCUT2D eigenvalue weighted by Crippen LogP contribution is -2.16. The van der Waals surface area contributed by atoms with E-state index in [2.05, 4.69) is 10.2 Å². The van der Waals surface area contributed by atoms with Crippen molar-refractivity contribution >= 4 is 17.4 Å². The summed E-state index contributed by atoms with van der Waals surface area (Å²) in [5.41, 5.74) is 6.85. The van der Waals surface area contributed by atoms with Gasteiger partial charge in [-0.1, -0.05) is 17.8 Å². The maximum atomic E-state index is 11.6. The smallest absolute Gasteiger partial charge is 0.344 e. The van der Waals surface area contributed by atoms with Crippen LogP contribution in [-0.4, -0.2) is 19.9 Å². The summed E-state index contributed by atoms with van der Waals surface area (Å²) < 4.78 is 1.72. The fourth-order valence-corrected chi connectivity index (χ4v) is 2.85. The molecular formula is C12H14N4O2S. The van der Waals surface area contributed by atoms with Gasteiger partial charge in [-0.25, -0.2) is 9.89 Å². The largest absolute Gasteiger partial charge is 0.506 e. The van der Waals surface area contributed by atoms with Gasteiger partial charge in [0.15, 0.2) is 5.16 Å². The van der Waals surface area contributed by atoms with Crippen LogP contribution in [0.2, 0.25) is 0 Å².